The van der Waals surface area contributed by atoms with Crippen molar-refractivity contribution in [1.82, 2.24) is 9.78 Å². The number of alkyl halides is 2. The van der Waals surface area contributed by atoms with Crippen molar-refractivity contribution in [2.24, 2.45) is 4.99 Å². The number of rotatable bonds is 5. The molecule has 0 radical (unpaired) electrons. The number of fused-ring (bicyclic) bond motifs is 1. The summed E-state index contributed by atoms with van der Waals surface area (Å²) >= 11 is 0. The van der Waals surface area contributed by atoms with E-state index in [4.69, 9.17) is 4.99 Å². The molecule has 32 heavy (non-hydrogen) atoms. The summed E-state index contributed by atoms with van der Waals surface area (Å²) in [5.41, 5.74) is 5.72. The van der Waals surface area contributed by atoms with Gasteiger partial charge in [-0.05, 0) is 25.5 Å². The fraction of sp³-hybridized carbons (Fsp3) is 0.231. The van der Waals surface area contributed by atoms with Crippen molar-refractivity contribution >= 4 is 22.3 Å². The van der Waals surface area contributed by atoms with Crippen LogP contribution in [0.15, 0.2) is 77.8 Å². The van der Waals surface area contributed by atoms with Gasteiger partial charge in [-0.2, -0.15) is 5.10 Å². The molecule has 4 rings (SSSR count). The van der Waals surface area contributed by atoms with Gasteiger partial charge >= 0.3 is 0 Å². The van der Waals surface area contributed by atoms with Crippen molar-refractivity contribution in [2.75, 3.05) is 0 Å². The van der Waals surface area contributed by atoms with E-state index in [9.17, 15) is 8.78 Å². The van der Waals surface area contributed by atoms with Crippen molar-refractivity contribution in [3.8, 4) is 0 Å². The molecule has 4 aromatic rings. The molecule has 0 aliphatic rings. The van der Waals surface area contributed by atoms with E-state index < -0.39 is 13.0 Å². The third-order valence-corrected chi connectivity index (χ3v) is 4.89. The maximum Gasteiger partial charge on any atom is 0.257 e. The number of nitrogens with zero attached hydrogens (tertiary/aromatic N) is 3. The zero-order chi connectivity index (χ0) is 22.4. The van der Waals surface area contributed by atoms with Crippen LogP contribution in [0.25, 0.3) is 10.9 Å². The van der Waals surface area contributed by atoms with E-state index in [1.54, 1.807) is 0 Å². The van der Waals surface area contributed by atoms with Gasteiger partial charge in [0, 0.05) is 16.5 Å². The number of hydrogen-bond donors (Lipinski definition) is 0. The number of halogens is 2. The number of aliphatic imine (C=N–C) groups is 1. The predicted octanol–water partition coefficient (Wildman–Crippen LogP) is 6.29. The fourth-order valence-electron chi connectivity index (χ4n) is 3.64. The molecule has 0 saturated heterocycles. The lowest BCUT2D eigenvalue weighted by Crippen LogP contribution is -2.08. The first-order chi connectivity index (χ1) is 15.0. The summed E-state index contributed by atoms with van der Waals surface area (Å²) in [5, 5.41) is 5.25. The van der Waals surface area contributed by atoms with E-state index >= 15 is 0 Å². The Morgan fingerprint density at radius 1 is 0.875 bits per heavy atom. The largest absolute Gasteiger partial charge is 0.412 e. The van der Waals surface area contributed by atoms with Crippen molar-refractivity contribution in [3.63, 3.8) is 0 Å². The second kappa shape index (κ2) is 11.3. The van der Waals surface area contributed by atoms with Crippen LogP contribution in [0.4, 0.5) is 14.5 Å². The molecule has 1 aromatic heterocycles. The molecule has 4 nitrogen and oxygen atoms in total. The third-order valence-electron chi connectivity index (χ3n) is 4.89. The lowest BCUT2D eigenvalue weighted by Gasteiger charge is -2.10. The zero-order valence-corrected chi connectivity index (χ0v) is 18.8. The molecule has 0 spiro atoms. The molecular weight excluding hydrogens is 408 g/mol. The summed E-state index contributed by atoms with van der Waals surface area (Å²) in [6.45, 7) is 7.36. The molecule has 0 saturated carbocycles. The summed E-state index contributed by atoms with van der Waals surface area (Å²) in [5.74, 6) is 0. The molecule has 0 bridgehead atoms. The highest BCUT2D eigenvalue weighted by atomic mass is 19.3. The van der Waals surface area contributed by atoms with Crippen molar-refractivity contribution in [1.29, 1.82) is 0 Å². The van der Waals surface area contributed by atoms with E-state index in [2.05, 4.69) is 5.10 Å². The Hall–Kier alpha value is -3.38. The SMILES string of the molecule is CC.Cc1ccc(N=C(c2ccccc2)c2ccccc2)c2c1c(C)nn2CC(F)F.O. The minimum atomic E-state index is -2.49. The molecule has 3 aromatic carbocycles. The monoisotopic (exact) mass is 437 g/mol. The van der Waals surface area contributed by atoms with Crippen LogP contribution in [0.1, 0.15) is 36.2 Å². The second-order valence-electron chi connectivity index (χ2n) is 6.98. The highest BCUT2D eigenvalue weighted by Gasteiger charge is 2.17. The van der Waals surface area contributed by atoms with Gasteiger partial charge in [0.2, 0.25) is 0 Å². The van der Waals surface area contributed by atoms with E-state index in [1.807, 2.05) is 100 Å². The highest BCUT2D eigenvalue weighted by molar-refractivity contribution is 6.15. The summed E-state index contributed by atoms with van der Waals surface area (Å²) in [6, 6.07) is 23.6. The van der Waals surface area contributed by atoms with Gasteiger partial charge in [0.25, 0.3) is 6.43 Å². The Morgan fingerprint density at radius 2 is 1.41 bits per heavy atom. The molecule has 0 amide bonds. The van der Waals surface area contributed by atoms with Crippen LogP contribution in [-0.4, -0.2) is 27.4 Å². The molecule has 0 aliphatic heterocycles. The summed E-state index contributed by atoms with van der Waals surface area (Å²) in [4.78, 5) is 4.96. The maximum atomic E-state index is 13.2. The second-order valence-corrected chi connectivity index (χ2v) is 6.98. The van der Waals surface area contributed by atoms with E-state index in [-0.39, 0.29) is 5.48 Å². The molecular formula is C26H29F2N3O. The molecule has 0 unspecified atom stereocenters. The lowest BCUT2D eigenvalue weighted by atomic mass is 10.0. The first-order valence-corrected chi connectivity index (χ1v) is 10.5. The number of hydrogen-bond acceptors (Lipinski definition) is 2. The van der Waals surface area contributed by atoms with Crippen LogP contribution in [0, 0.1) is 13.8 Å². The van der Waals surface area contributed by atoms with Crippen LogP contribution in [0.2, 0.25) is 0 Å². The maximum absolute atomic E-state index is 13.2. The lowest BCUT2D eigenvalue weighted by molar-refractivity contribution is 0.123. The molecule has 2 N–H and O–H groups in total. The summed E-state index contributed by atoms with van der Waals surface area (Å²) in [7, 11) is 0. The molecule has 0 aliphatic carbocycles. The van der Waals surface area contributed by atoms with Gasteiger partial charge in [0.05, 0.1) is 22.6 Å². The first kappa shape index (κ1) is 24.9. The number of benzene rings is 3. The Balaban J connectivity index is 0.00000118. The average molecular weight is 438 g/mol. The Kier molecular flexibility index (Phi) is 8.79. The molecule has 1 heterocycles. The van der Waals surface area contributed by atoms with Crippen LogP contribution >= 0.6 is 0 Å². The number of aromatic nitrogens is 2. The fourth-order valence-corrected chi connectivity index (χ4v) is 3.64. The first-order valence-electron chi connectivity index (χ1n) is 10.5. The molecule has 168 valence electrons. The Morgan fingerprint density at radius 3 is 1.91 bits per heavy atom. The Bertz CT molecular complexity index is 1130. The van der Waals surface area contributed by atoms with E-state index in [1.165, 1.54) is 4.68 Å². The van der Waals surface area contributed by atoms with Crippen LogP contribution in [0.5, 0.6) is 0 Å². The van der Waals surface area contributed by atoms with Crippen molar-refractivity contribution in [3.05, 3.63) is 95.2 Å². The quantitative estimate of drug-likeness (QED) is 0.339. The zero-order valence-electron chi connectivity index (χ0n) is 18.8. The van der Waals surface area contributed by atoms with Gasteiger partial charge < -0.3 is 5.48 Å². The van der Waals surface area contributed by atoms with Gasteiger partial charge in [-0.3, -0.25) is 4.68 Å². The van der Waals surface area contributed by atoms with Crippen LogP contribution < -0.4 is 0 Å². The third kappa shape index (κ3) is 5.26. The van der Waals surface area contributed by atoms with E-state index in [0.29, 0.717) is 11.2 Å². The standard InChI is InChI=1S/C24H21F2N3.C2H6.H2O/c1-16-13-14-20(24-22(16)17(2)28-29(24)15-21(25)26)27-23(18-9-5-3-6-10-18)19-11-7-4-8-12-19;1-2;/h3-14,21H,15H2,1-2H3;1-2H3;1H2. The topological polar surface area (TPSA) is 61.7 Å². The van der Waals surface area contributed by atoms with Gasteiger partial charge in [-0.1, -0.05) is 80.6 Å². The van der Waals surface area contributed by atoms with Gasteiger partial charge in [0.15, 0.2) is 0 Å². The molecule has 0 atom stereocenters. The minimum absolute atomic E-state index is 0. The van der Waals surface area contributed by atoms with Gasteiger partial charge in [-0.15, -0.1) is 0 Å². The smallest absolute Gasteiger partial charge is 0.257 e. The predicted molar refractivity (Wildman–Crippen MR) is 128 cm³/mol. The molecule has 6 heteroatoms. The van der Waals surface area contributed by atoms with Gasteiger partial charge in [0.1, 0.15) is 6.54 Å². The minimum Gasteiger partial charge on any atom is -0.412 e. The van der Waals surface area contributed by atoms with E-state index in [0.717, 1.165) is 33.5 Å². The highest BCUT2D eigenvalue weighted by Crippen LogP contribution is 2.32. The number of aryl methyl sites for hydroxylation is 2. The summed E-state index contributed by atoms with van der Waals surface area (Å²) in [6.07, 6.45) is -2.49. The average Bonchev–Trinajstić information content (AvgIpc) is 3.12. The van der Waals surface area contributed by atoms with Gasteiger partial charge in [-0.25, -0.2) is 13.8 Å². The van der Waals surface area contributed by atoms with Crippen LogP contribution in [-0.2, 0) is 6.54 Å². The normalized spacial score (nSPS) is 10.3. The van der Waals surface area contributed by atoms with Crippen molar-refractivity contribution < 1.29 is 14.3 Å². The van der Waals surface area contributed by atoms with Crippen LogP contribution in [0.3, 0.4) is 0 Å². The Labute approximate surface area is 187 Å². The van der Waals surface area contributed by atoms with Crippen molar-refractivity contribution in [2.45, 2.75) is 40.7 Å². The molecule has 0 fully saturated rings. The summed E-state index contributed by atoms with van der Waals surface area (Å²) < 4.78 is 27.8.